The number of esters is 1. The number of carbonyl (C=O) groups excluding carboxylic acids is 3. The van der Waals surface area contributed by atoms with E-state index < -0.39 is 6.10 Å². The van der Waals surface area contributed by atoms with Crippen molar-refractivity contribution in [3.8, 4) is 0 Å². The smallest absolute Gasteiger partial charge is 0.306 e. The molecule has 2 amide bonds. The second-order valence-electron chi connectivity index (χ2n) is 9.94. The first-order valence-electron chi connectivity index (χ1n) is 14.3. The molecular formula is C30H45FN2O5S. The highest BCUT2D eigenvalue weighted by Crippen LogP contribution is 2.21. The molecule has 1 heterocycles. The van der Waals surface area contributed by atoms with Crippen LogP contribution < -0.4 is 0 Å². The predicted molar refractivity (Wildman–Crippen MR) is 154 cm³/mol. The fourth-order valence-electron chi connectivity index (χ4n) is 4.38. The quantitative estimate of drug-likeness (QED) is 0.148. The molecule has 2 atom stereocenters. The van der Waals surface area contributed by atoms with Crippen LogP contribution >= 0.6 is 11.8 Å². The molecule has 39 heavy (non-hydrogen) atoms. The molecule has 1 aromatic carbocycles. The third-order valence-corrected chi connectivity index (χ3v) is 7.76. The van der Waals surface area contributed by atoms with Crippen molar-refractivity contribution in [1.29, 1.82) is 0 Å². The lowest BCUT2D eigenvalue weighted by molar-refractivity contribution is -0.152. The van der Waals surface area contributed by atoms with Gasteiger partial charge in [0.1, 0.15) is 5.82 Å². The zero-order valence-electron chi connectivity index (χ0n) is 23.5. The van der Waals surface area contributed by atoms with E-state index in [0.717, 1.165) is 49.2 Å². The molecule has 9 heteroatoms. The third-order valence-electron chi connectivity index (χ3n) is 6.71. The predicted octanol–water partition coefficient (Wildman–Crippen LogP) is 4.76. The maximum atomic E-state index is 13.1. The van der Waals surface area contributed by atoms with Crippen molar-refractivity contribution in [3.05, 3.63) is 47.8 Å². The molecule has 0 unspecified atom stereocenters. The van der Waals surface area contributed by atoms with Gasteiger partial charge in [0, 0.05) is 44.6 Å². The second kappa shape index (κ2) is 18.8. The van der Waals surface area contributed by atoms with Crippen LogP contribution in [-0.4, -0.2) is 82.6 Å². The van der Waals surface area contributed by atoms with Gasteiger partial charge in [-0.3, -0.25) is 14.4 Å². The molecular weight excluding hydrogens is 519 g/mol. The van der Waals surface area contributed by atoms with Gasteiger partial charge in [-0.25, -0.2) is 4.39 Å². The fourth-order valence-corrected chi connectivity index (χ4v) is 5.26. The van der Waals surface area contributed by atoms with Crippen LogP contribution in [0.25, 0.3) is 0 Å². The zero-order valence-corrected chi connectivity index (χ0v) is 24.3. The largest absolute Gasteiger partial charge is 0.456 e. The molecule has 0 radical (unpaired) electrons. The number of hydrogen-bond donors (Lipinski definition) is 1. The average molecular weight is 565 g/mol. The summed E-state index contributed by atoms with van der Waals surface area (Å²) < 4.78 is 18.3. The molecule has 1 N–H and O–H groups in total. The number of halogens is 1. The van der Waals surface area contributed by atoms with Crippen LogP contribution in [0, 0.1) is 5.82 Å². The lowest BCUT2D eigenvalue weighted by Crippen LogP contribution is -2.36. The lowest BCUT2D eigenvalue weighted by Gasteiger charge is -2.22. The zero-order chi connectivity index (χ0) is 28.5. The standard InChI is InChI=1S/C30H45FN2O5S/c1-3-5-17-32(18-6-4-2)29(36)23-38-30(37)8-7-20-39-21-19-33-26(14-16-28(33)35)13-15-27(34)22-24-9-11-25(31)12-10-24/h9-13,15,26-27,34H,3-8,14,16-23H2,1-2H3/b15-13+/t26-,27+/m0/s1. The second-order valence-corrected chi connectivity index (χ2v) is 11.2. The van der Waals surface area contributed by atoms with Crippen molar-refractivity contribution < 1.29 is 28.6 Å². The molecule has 1 fully saturated rings. The Labute approximate surface area is 237 Å². The Morgan fingerprint density at radius 1 is 1.15 bits per heavy atom. The molecule has 1 aliphatic heterocycles. The van der Waals surface area contributed by atoms with Crippen molar-refractivity contribution in [2.45, 2.75) is 83.8 Å². The minimum absolute atomic E-state index is 0.0392. The first kappa shape index (κ1) is 32.8. The van der Waals surface area contributed by atoms with Gasteiger partial charge in [0.2, 0.25) is 5.91 Å². The molecule has 0 aromatic heterocycles. The molecule has 0 bridgehead atoms. The number of thioether (sulfide) groups is 1. The summed E-state index contributed by atoms with van der Waals surface area (Å²) in [7, 11) is 0. The summed E-state index contributed by atoms with van der Waals surface area (Å²) in [5, 5.41) is 10.3. The van der Waals surface area contributed by atoms with Crippen LogP contribution in [0.5, 0.6) is 0 Å². The number of nitrogens with zero attached hydrogens (tertiary/aromatic N) is 2. The van der Waals surface area contributed by atoms with Gasteiger partial charge in [0.05, 0.1) is 12.1 Å². The van der Waals surface area contributed by atoms with Gasteiger partial charge in [-0.1, -0.05) is 51.0 Å². The number of ether oxygens (including phenoxy) is 1. The monoisotopic (exact) mass is 564 g/mol. The molecule has 2 rings (SSSR count). The van der Waals surface area contributed by atoms with Crippen LogP contribution in [0.1, 0.15) is 70.8 Å². The van der Waals surface area contributed by atoms with E-state index in [2.05, 4.69) is 13.8 Å². The summed E-state index contributed by atoms with van der Waals surface area (Å²) in [6.45, 7) is 6.00. The summed E-state index contributed by atoms with van der Waals surface area (Å²) in [5.74, 6) is 0.849. The van der Waals surface area contributed by atoms with E-state index in [0.29, 0.717) is 38.9 Å². The molecule has 1 aliphatic rings. The van der Waals surface area contributed by atoms with E-state index in [1.165, 1.54) is 12.1 Å². The van der Waals surface area contributed by atoms with Crippen molar-refractivity contribution in [3.63, 3.8) is 0 Å². The normalized spacial score (nSPS) is 16.2. The number of carbonyl (C=O) groups is 3. The fraction of sp³-hybridized carbons (Fsp3) is 0.633. The third kappa shape index (κ3) is 13.0. The highest BCUT2D eigenvalue weighted by molar-refractivity contribution is 7.99. The maximum Gasteiger partial charge on any atom is 0.306 e. The minimum Gasteiger partial charge on any atom is -0.456 e. The number of likely N-dealkylation sites (tertiary alicyclic amines) is 1. The van der Waals surface area contributed by atoms with Crippen molar-refractivity contribution in [1.82, 2.24) is 9.80 Å². The lowest BCUT2D eigenvalue weighted by atomic mass is 10.1. The van der Waals surface area contributed by atoms with Crippen LogP contribution in [0.4, 0.5) is 4.39 Å². The van der Waals surface area contributed by atoms with Crippen LogP contribution in [-0.2, 0) is 25.5 Å². The number of hydrogen-bond acceptors (Lipinski definition) is 6. The number of unbranched alkanes of at least 4 members (excludes halogenated alkanes) is 2. The van der Waals surface area contributed by atoms with Crippen LogP contribution in [0.3, 0.4) is 0 Å². The first-order chi connectivity index (χ1) is 18.8. The van der Waals surface area contributed by atoms with Gasteiger partial charge in [-0.2, -0.15) is 11.8 Å². The molecule has 1 saturated heterocycles. The van der Waals surface area contributed by atoms with Crippen molar-refractivity contribution in [2.24, 2.45) is 0 Å². The number of aliphatic hydroxyl groups is 1. The Morgan fingerprint density at radius 3 is 2.51 bits per heavy atom. The van der Waals surface area contributed by atoms with Gasteiger partial charge in [0.25, 0.3) is 5.91 Å². The molecule has 0 spiro atoms. The Kier molecular flexibility index (Phi) is 15.8. The van der Waals surface area contributed by atoms with E-state index in [-0.39, 0.29) is 42.7 Å². The van der Waals surface area contributed by atoms with E-state index in [4.69, 9.17) is 4.74 Å². The maximum absolute atomic E-state index is 13.1. The topological polar surface area (TPSA) is 87.2 Å². The molecule has 0 aliphatic carbocycles. The van der Waals surface area contributed by atoms with E-state index in [1.54, 1.807) is 34.9 Å². The Balaban J connectivity index is 1.62. The van der Waals surface area contributed by atoms with Gasteiger partial charge in [-0.15, -0.1) is 0 Å². The van der Waals surface area contributed by atoms with Crippen molar-refractivity contribution in [2.75, 3.05) is 37.7 Å². The Bertz CT molecular complexity index is 903. The summed E-state index contributed by atoms with van der Waals surface area (Å²) >= 11 is 1.68. The van der Waals surface area contributed by atoms with Crippen molar-refractivity contribution >= 4 is 29.5 Å². The number of benzene rings is 1. The summed E-state index contributed by atoms with van der Waals surface area (Å²) in [4.78, 5) is 40.5. The van der Waals surface area contributed by atoms with Gasteiger partial charge in [0.15, 0.2) is 6.61 Å². The summed E-state index contributed by atoms with van der Waals surface area (Å²) in [5.41, 5.74) is 0.848. The average Bonchev–Trinajstić information content (AvgIpc) is 3.28. The van der Waals surface area contributed by atoms with E-state index in [1.807, 2.05) is 11.0 Å². The van der Waals surface area contributed by atoms with Gasteiger partial charge < -0.3 is 19.6 Å². The Morgan fingerprint density at radius 2 is 1.85 bits per heavy atom. The number of aliphatic hydroxyl groups excluding tert-OH is 1. The highest BCUT2D eigenvalue weighted by atomic mass is 32.2. The van der Waals surface area contributed by atoms with E-state index >= 15 is 0 Å². The van der Waals surface area contributed by atoms with Crippen LogP contribution in [0.2, 0.25) is 0 Å². The molecule has 0 saturated carbocycles. The van der Waals surface area contributed by atoms with Crippen LogP contribution in [0.15, 0.2) is 36.4 Å². The molecule has 7 nitrogen and oxygen atoms in total. The summed E-state index contributed by atoms with van der Waals surface area (Å²) in [6, 6.07) is 6.03. The first-order valence-corrected chi connectivity index (χ1v) is 15.4. The molecule has 1 aromatic rings. The minimum atomic E-state index is -0.701. The van der Waals surface area contributed by atoms with E-state index in [9.17, 15) is 23.9 Å². The van der Waals surface area contributed by atoms with Gasteiger partial charge in [-0.05, 0) is 49.1 Å². The number of rotatable bonds is 19. The van der Waals surface area contributed by atoms with Gasteiger partial charge >= 0.3 is 5.97 Å². The SMILES string of the molecule is CCCCN(CCCC)C(=O)COC(=O)CCCSCCN1C(=O)CC[C@@H]1/C=C/[C@@H](O)Cc1ccc(F)cc1. The highest BCUT2D eigenvalue weighted by Gasteiger charge is 2.28. The summed E-state index contributed by atoms with van der Waals surface area (Å²) in [6.07, 6.45) is 9.35. The molecule has 218 valence electrons. The Hall–Kier alpha value is -2.39. The number of amides is 2.